The molecule has 0 bridgehead atoms. The van der Waals surface area contributed by atoms with Crippen LogP contribution in [0.3, 0.4) is 0 Å². The van der Waals surface area contributed by atoms with Gasteiger partial charge in [-0.3, -0.25) is 14.4 Å². The first-order chi connectivity index (χ1) is 34.5. The van der Waals surface area contributed by atoms with Gasteiger partial charge < -0.3 is 14.2 Å². The molecule has 0 amide bonds. The summed E-state index contributed by atoms with van der Waals surface area (Å²) >= 11 is 0. The summed E-state index contributed by atoms with van der Waals surface area (Å²) in [6.07, 6.45) is 72.4. The lowest BCUT2D eigenvalue weighted by atomic mass is 10.0. The lowest BCUT2D eigenvalue weighted by Gasteiger charge is -2.18. The number of carbonyl (C=O) groups excluding carboxylic acids is 3. The molecule has 0 heterocycles. The summed E-state index contributed by atoms with van der Waals surface area (Å²) in [5, 5.41) is 0. The van der Waals surface area contributed by atoms with Crippen molar-refractivity contribution in [1.82, 2.24) is 0 Å². The van der Waals surface area contributed by atoms with E-state index in [4.69, 9.17) is 14.2 Å². The third kappa shape index (κ3) is 56.3. The highest BCUT2D eigenvalue weighted by molar-refractivity contribution is 5.71. The number of carbonyl (C=O) groups is 3. The summed E-state index contributed by atoms with van der Waals surface area (Å²) in [5.74, 6) is -0.885. The fourth-order valence-corrected chi connectivity index (χ4v) is 8.92. The number of unbranched alkanes of at least 4 members (excludes halogenated alkanes) is 37. The number of allylic oxidation sites excluding steroid dienone is 8. The molecule has 6 nitrogen and oxygen atoms in total. The maximum absolute atomic E-state index is 12.9. The molecular weight excluding hydrogens is 865 g/mol. The van der Waals surface area contributed by atoms with Gasteiger partial charge in [-0.25, -0.2) is 0 Å². The van der Waals surface area contributed by atoms with Crippen LogP contribution in [0.1, 0.15) is 323 Å². The highest BCUT2D eigenvalue weighted by Gasteiger charge is 2.19. The van der Waals surface area contributed by atoms with Gasteiger partial charge in [0.05, 0.1) is 0 Å². The van der Waals surface area contributed by atoms with Crippen molar-refractivity contribution in [3.8, 4) is 0 Å². The van der Waals surface area contributed by atoms with Crippen LogP contribution in [0.2, 0.25) is 0 Å². The monoisotopic (exact) mass is 981 g/mol. The van der Waals surface area contributed by atoms with E-state index >= 15 is 0 Å². The molecule has 6 heteroatoms. The molecule has 0 N–H and O–H groups in total. The Bertz CT molecular complexity index is 1220. The molecule has 0 aromatic carbocycles. The second kappa shape index (κ2) is 58.9. The third-order valence-corrected chi connectivity index (χ3v) is 13.6. The number of esters is 3. The molecule has 70 heavy (non-hydrogen) atoms. The van der Waals surface area contributed by atoms with Gasteiger partial charge in [0.1, 0.15) is 13.2 Å². The summed E-state index contributed by atoms with van der Waals surface area (Å²) in [7, 11) is 0. The molecule has 0 unspecified atom stereocenters. The van der Waals surface area contributed by atoms with E-state index in [9.17, 15) is 14.4 Å². The molecule has 0 spiro atoms. The third-order valence-electron chi connectivity index (χ3n) is 13.6. The van der Waals surface area contributed by atoms with E-state index in [0.717, 1.165) is 83.5 Å². The van der Waals surface area contributed by atoms with E-state index < -0.39 is 6.10 Å². The molecule has 0 aliphatic heterocycles. The zero-order valence-electron chi connectivity index (χ0n) is 46.8. The Morgan fingerprint density at radius 2 is 0.514 bits per heavy atom. The number of ether oxygens (including phenoxy) is 3. The predicted octanol–water partition coefficient (Wildman–Crippen LogP) is 20.6. The van der Waals surface area contributed by atoms with Crippen LogP contribution in [-0.2, 0) is 28.6 Å². The molecule has 0 radical (unpaired) electrons. The van der Waals surface area contributed by atoms with Crippen LogP contribution in [0.5, 0.6) is 0 Å². The Morgan fingerprint density at radius 1 is 0.286 bits per heavy atom. The summed E-state index contributed by atoms with van der Waals surface area (Å²) in [5.41, 5.74) is 0. The molecule has 0 aromatic rings. The second-order valence-corrected chi connectivity index (χ2v) is 20.6. The van der Waals surface area contributed by atoms with Gasteiger partial charge in [0, 0.05) is 19.3 Å². The second-order valence-electron chi connectivity index (χ2n) is 20.6. The van der Waals surface area contributed by atoms with Crippen molar-refractivity contribution in [2.24, 2.45) is 0 Å². The molecule has 0 aliphatic rings. The van der Waals surface area contributed by atoms with Crippen LogP contribution in [-0.4, -0.2) is 37.2 Å². The number of hydrogen-bond donors (Lipinski definition) is 0. The topological polar surface area (TPSA) is 78.9 Å². The SMILES string of the molecule is CCCCC/C=C/C/C=C/C/C=C/CCCCCCC(=O)O[C@@H](COC(=O)CCCCCCCCCCC/C=C/CCCCCCCC)COC(=O)CCCCCCCCCCCCCCCCCC. The van der Waals surface area contributed by atoms with Crippen molar-refractivity contribution in [2.75, 3.05) is 13.2 Å². The summed E-state index contributed by atoms with van der Waals surface area (Å²) in [6.45, 7) is 6.63. The number of hydrogen-bond acceptors (Lipinski definition) is 6. The summed E-state index contributed by atoms with van der Waals surface area (Å²) < 4.78 is 16.9. The van der Waals surface area contributed by atoms with Gasteiger partial charge in [0.2, 0.25) is 0 Å². The Kier molecular flexibility index (Phi) is 56.7. The average molecular weight is 982 g/mol. The normalized spacial score (nSPS) is 12.3. The first-order valence-electron chi connectivity index (χ1n) is 30.6. The van der Waals surface area contributed by atoms with Gasteiger partial charge in [-0.2, -0.15) is 0 Å². The summed E-state index contributed by atoms with van der Waals surface area (Å²) in [6, 6.07) is 0. The van der Waals surface area contributed by atoms with Crippen molar-refractivity contribution in [3.05, 3.63) is 48.6 Å². The lowest BCUT2D eigenvalue weighted by Crippen LogP contribution is -2.30. The summed E-state index contributed by atoms with van der Waals surface area (Å²) in [4.78, 5) is 38.2. The van der Waals surface area contributed by atoms with E-state index in [2.05, 4.69) is 69.4 Å². The van der Waals surface area contributed by atoms with Crippen molar-refractivity contribution in [3.63, 3.8) is 0 Å². The largest absolute Gasteiger partial charge is 0.462 e. The first kappa shape index (κ1) is 67.4. The molecule has 0 rings (SSSR count). The van der Waals surface area contributed by atoms with Crippen LogP contribution in [0, 0.1) is 0 Å². The van der Waals surface area contributed by atoms with E-state index in [1.165, 1.54) is 199 Å². The molecule has 0 saturated heterocycles. The minimum absolute atomic E-state index is 0.0794. The van der Waals surface area contributed by atoms with Crippen molar-refractivity contribution in [1.29, 1.82) is 0 Å². The van der Waals surface area contributed by atoms with Crippen molar-refractivity contribution >= 4 is 17.9 Å². The van der Waals surface area contributed by atoms with Crippen LogP contribution < -0.4 is 0 Å². The molecule has 0 saturated carbocycles. The van der Waals surface area contributed by atoms with E-state index in [-0.39, 0.29) is 31.1 Å². The van der Waals surface area contributed by atoms with E-state index in [1.807, 2.05) is 0 Å². The Morgan fingerprint density at radius 3 is 0.843 bits per heavy atom. The van der Waals surface area contributed by atoms with Gasteiger partial charge in [0.25, 0.3) is 0 Å². The van der Waals surface area contributed by atoms with Crippen LogP contribution >= 0.6 is 0 Å². The average Bonchev–Trinajstić information content (AvgIpc) is 3.36. The smallest absolute Gasteiger partial charge is 0.306 e. The molecular formula is C64H116O6. The van der Waals surface area contributed by atoms with Gasteiger partial charge >= 0.3 is 17.9 Å². The molecule has 0 aliphatic carbocycles. The Hall–Kier alpha value is -2.63. The minimum atomic E-state index is -0.784. The van der Waals surface area contributed by atoms with Gasteiger partial charge in [-0.05, 0) is 83.5 Å². The van der Waals surface area contributed by atoms with Crippen LogP contribution in [0.4, 0.5) is 0 Å². The van der Waals surface area contributed by atoms with Gasteiger partial charge in [0.15, 0.2) is 6.10 Å². The van der Waals surface area contributed by atoms with Crippen molar-refractivity contribution in [2.45, 2.75) is 329 Å². The highest BCUT2D eigenvalue weighted by atomic mass is 16.6. The van der Waals surface area contributed by atoms with Gasteiger partial charge in [-0.1, -0.05) is 268 Å². The Balaban J connectivity index is 4.38. The number of rotatable bonds is 56. The maximum Gasteiger partial charge on any atom is 0.306 e. The molecule has 0 fully saturated rings. The zero-order valence-corrected chi connectivity index (χ0v) is 46.8. The molecule has 408 valence electrons. The quantitative estimate of drug-likeness (QED) is 0.0261. The highest BCUT2D eigenvalue weighted by Crippen LogP contribution is 2.17. The van der Waals surface area contributed by atoms with Crippen LogP contribution in [0.15, 0.2) is 48.6 Å². The fourth-order valence-electron chi connectivity index (χ4n) is 8.92. The van der Waals surface area contributed by atoms with E-state index in [0.29, 0.717) is 19.3 Å². The zero-order chi connectivity index (χ0) is 50.7. The van der Waals surface area contributed by atoms with Crippen molar-refractivity contribution < 1.29 is 28.6 Å². The fraction of sp³-hybridized carbons (Fsp3) is 0.828. The molecule has 1 atom stereocenters. The molecule has 0 aromatic heterocycles. The predicted molar refractivity (Wildman–Crippen MR) is 302 cm³/mol. The van der Waals surface area contributed by atoms with Gasteiger partial charge in [-0.15, -0.1) is 0 Å². The first-order valence-corrected chi connectivity index (χ1v) is 30.6. The maximum atomic E-state index is 12.9. The minimum Gasteiger partial charge on any atom is -0.462 e. The lowest BCUT2D eigenvalue weighted by molar-refractivity contribution is -0.167. The standard InChI is InChI=1S/C64H116O6/c1-4-7-10-13-16-19-22-25-28-31-32-34-36-39-42-45-48-51-54-57-63(66)69-60-61(59-68-62(65)56-53-50-47-44-41-38-35-30-27-24-21-18-15-12-9-6-3)70-64(67)58-55-52-49-46-43-40-37-33-29-26-23-20-17-14-11-8-5-2/h17,20,25-26,28-29,37,40,61H,4-16,18-19,21-24,27,30-36,38-39,41-60H2,1-3H3/b20-17+,28-25+,29-26+,40-37+/t61-/m1/s1. The van der Waals surface area contributed by atoms with E-state index in [1.54, 1.807) is 0 Å². The Labute approximate surface area is 435 Å². The van der Waals surface area contributed by atoms with Crippen LogP contribution in [0.25, 0.3) is 0 Å².